The number of carbonyl (C=O) groups is 1. The summed E-state index contributed by atoms with van der Waals surface area (Å²) in [5.74, 6) is -1.76. The predicted octanol–water partition coefficient (Wildman–Crippen LogP) is 3.32. The van der Waals surface area contributed by atoms with Crippen LogP contribution in [0.15, 0.2) is 54.6 Å². The van der Waals surface area contributed by atoms with E-state index >= 15 is 0 Å². The Kier molecular flexibility index (Phi) is 3.49. The molecule has 3 heteroatoms. The lowest BCUT2D eigenvalue weighted by molar-refractivity contribution is 0.0978. The van der Waals surface area contributed by atoms with Gasteiger partial charge in [0.15, 0.2) is 5.78 Å². The van der Waals surface area contributed by atoms with Gasteiger partial charge in [-0.1, -0.05) is 42.5 Å². The van der Waals surface area contributed by atoms with Crippen LogP contribution in [0.2, 0.25) is 0 Å². The van der Waals surface area contributed by atoms with Crippen molar-refractivity contribution in [2.24, 2.45) is 0 Å². The number of nitriles is 1. The summed E-state index contributed by atoms with van der Waals surface area (Å²) in [5.41, 5.74) is 0.833. The molecule has 0 fully saturated rings. The van der Waals surface area contributed by atoms with Crippen LogP contribution in [0.1, 0.15) is 21.8 Å². The summed E-state index contributed by atoms with van der Waals surface area (Å²) in [6.07, 6.45) is 0. The van der Waals surface area contributed by atoms with Crippen molar-refractivity contribution < 1.29 is 9.18 Å². The molecule has 2 rings (SSSR count). The van der Waals surface area contributed by atoms with E-state index < -0.39 is 11.7 Å². The Morgan fingerprint density at radius 3 is 2.44 bits per heavy atom. The lowest BCUT2D eigenvalue weighted by Crippen LogP contribution is -2.11. The van der Waals surface area contributed by atoms with Gasteiger partial charge in [-0.05, 0) is 17.7 Å². The average Bonchev–Trinajstić information content (AvgIpc) is 2.41. The molecule has 0 aliphatic heterocycles. The van der Waals surface area contributed by atoms with Crippen molar-refractivity contribution in [3.05, 3.63) is 71.5 Å². The van der Waals surface area contributed by atoms with Gasteiger partial charge in [0.2, 0.25) is 0 Å². The average molecular weight is 239 g/mol. The Hall–Kier alpha value is -2.47. The first-order valence-electron chi connectivity index (χ1n) is 5.46. The zero-order chi connectivity index (χ0) is 13.0. The zero-order valence-electron chi connectivity index (χ0n) is 9.51. The van der Waals surface area contributed by atoms with Crippen molar-refractivity contribution in [3.8, 4) is 6.07 Å². The lowest BCUT2D eigenvalue weighted by Gasteiger charge is -2.08. The smallest absolute Gasteiger partial charge is 0.184 e. The molecule has 0 heterocycles. The first-order chi connectivity index (χ1) is 8.72. The van der Waals surface area contributed by atoms with Gasteiger partial charge in [-0.15, -0.1) is 0 Å². The zero-order valence-corrected chi connectivity index (χ0v) is 9.51. The third kappa shape index (κ3) is 2.44. The van der Waals surface area contributed by atoms with Crippen LogP contribution in [0.4, 0.5) is 4.39 Å². The van der Waals surface area contributed by atoms with E-state index in [1.807, 2.05) is 12.1 Å². The molecule has 0 radical (unpaired) electrons. The largest absolute Gasteiger partial charge is 0.292 e. The van der Waals surface area contributed by atoms with Crippen LogP contribution in [-0.4, -0.2) is 5.78 Å². The van der Waals surface area contributed by atoms with E-state index in [9.17, 15) is 9.18 Å². The summed E-state index contributed by atoms with van der Waals surface area (Å²) in [5, 5.41) is 9.12. The molecule has 0 saturated heterocycles. The van der Waals surface area contributed by atoms with Crippen molar-refractivity contribution in [1.82, 2.24) is 0 Å². The standard InChI is InChI=1S/C15H10FNO/c16-13-8-4-7-12(9-13)15(18)14(10-17)11-5-2-1-3-6-11/h1-9,14H. The quantitative estimate of drug-likeness (QED) is 0.771. The van der Waals surface area contributed by atoms with Crippen LogP contribution in [-0.2, 0) is 0 Å². The number of benzene rings is 2. The van der Waals surface area contributed by atoms with Gasteiger partial charge < -0.3 is 0 Å². The summed E-state index contributed by atoms with van der Waals surface area (Å²) in [7, 11) is 0. The maximum absolute atomic E-state index is 13.1. The molecule has 0 aliphatic rings. The number of hydrogen-bond donors (Lipinski definition) is 0. The van der Waals surface area contributed by atoms with Crippen LogP contribution in [0.3, 0.4) is 0 Å². The Labute approximate surface area is 104 Å². The van der Waals surface area contributed by atoms with Crippen molar-refractivity contribution in [2.45, 2.75) is 5.92 Å². The highest BCUT2D eigenvalue weighted by Crippen LogP contribution is 2.20. The van der Waals surface area contributed by atoms with Gasteiger partial charge in [-0.25, -0.2) is 4.39 Å². The molecule has 0 aliphatic carbocycles. The van der Waals surface area contributed by atoms with Crippen molar-refractivity contribution in [1.29, 1.82) is 5.26 Å². The highest BCUT2D eigenvalue weighted by molar-refractivity contribution is 6.02. The Bertz CT molecular complexity index is 601. The van der Waals surface area contributed by atoms with Crippen LogP contribution in [0.5, 0.6) is 0 Å². The fourth-order valence-electron chi connectivity index (χ4n) is 1.74. The van der Waals surface area contributed by atoms with E-state index in [0.717, 1.165) is 6.07 Å². The van der Waals surface area contributed by atoms with Crippen LogP contribution >= 0.6 is 0 Å². The third-order valence-electron chi connectivity index (χ3n) is 2.63. The van der Waals surface area contributed by atoms with Crippen molar-refractivity contribution in [3.63, 3.8) is 0 Å². The third-order valence-corrected chi connectivity index (χ3v) is 2.63. The van der Waals surface area contributed by atoms with Gasteiger partial charge in [0, 0.05) is 5.56 Å². The summed E-state index contributed by atoms with van der Waals surface area (Å²) in [6, 6.07) is 16.1. The predicted molar refractivity (Wildman–Crippen MR) is 65.5 cm³/mol. The monoisotopic (exact) mass is 239 g/mol. The number of hydrogen-bond acceptors (Lipinski definition) is 2. The van der Waals surface area contributed by atoms with E-state index in [1.165, 1.54) is 18.2 Å². The highest BCUT2D eigenvalue weighted by atomic mass is 19.1. The van der Waals surface area contributed by atoms with Gasteiger partial charge in [-0.3, -0.25) is 4.79 Å². The Morgan fingerprint density at radius 2 is 1.83 bits per heavy atom. The number of rotatable bonds is 3. The van der Waals surface area contributed by atoms with Crippen molar-refractivity contribution >= 4 is 5.78 Å². The minimum absolute atomic E-state index is 0.213. The topological polar surface area (TPSA) is 40.9 Å². The molecule has 0 bridgehead atoms. The summed E-state index contributed by atoms with van der Waals surface area (Å²) in [6.45, 7) is 0. The van der Waals surface area contributed by atoms with E-state index in [0.29, 0.717) is 5.56 Å². The van der Waals surface area contributed by atoms with Crippen LogP contribution in [0, 0.1) is 17.1 Å². The first kappa shape index (κ1) is 12.0. The molecule has 1 unspecified atom stereocenters. The summed E-state index contributed by atoms with van der Waals surface area (Å²) >= 11 is 0. The normalized spacial score (nSPS) is 11.6. The van der Waals surface area contributed by atoms with E-state index in [2.05, 4.69) is 0 Å². The molecule has 1 atom stereocenters. The molecule has 2 aromatic carbocycles. The second-order valence-electron chi connectivity index (χ2n) is 3.85. The summed E-state index contributed by atoms with van der Waals surface area (Å²) < 4.78 is 13.1. The second-order valence-corrected chi connectivity index (χ2v) is 3.85. The minimum Gasteiger partial charge on any atom is -0.292 e. The number of nitrogens with zero attached hydrogens (tertiary/aromatic N) is 1. The summed E-state index contributed by atoms with van der Waals surface area (Å²) in [4.78, 5) is 12.1. The first-order valence-corrected chi connectivity index (χ1v) is 5.46. The van der Waals surface area contributed by atoms with Crippen LogP contribution in [0.25, 0.3) is 0 Å². The molecule has 18 heavy (non-hydrogen) atoms. The van der Waals surface area contributed by atoms with E-state index in [4.69, 9.17) is 5.26 Å². The highest BCUT2D eigenvalue weighted by Gasteiger charge is 2.21. The SMILES string of the molecule is N#CC(C(=O)c1cccc(F)c1)c1ccccc1. The molecule has 88 valence electrons. The second kappa shape index (κ2) is 5.24. The fourth-order valence-corrected chi connectivity index (χ4v) is 1.74. The molecular formula is C15H10FNO. The number of carbonyl (C=O) groups excluding carboxylic acids is 1. The maximum atomic E-state index is 13.1. The van der Waals surface area contributed by atoms with Crippen molar-refractivity contribution in [2.75, 3.05) is 0 Å². The van der Waals surface area contributed by atoms with E-state index in [-0.39, 0.29) is 11.3 Å². The van der Waals surface area contributed by atoms with Gasteiger partial charge in [0.1, 0.15) is 11.7 Å². The fraction of sp³-hybridized carbons (Fsp3) is 0.0667. The molecule has 0 spiro atoms. The van der Waals surface area contributed by atoms with Gasteiger partial charge in [0.05, 0.1) is 6.07 Å². The van der Waals surface area contributed by atoms with E-state index in [1.54, 1.807) is 24.3 Å². The molecule has 0 N–H and O–H groups in total. The van der Waals surface area contributed by atoms with Gasteiger partial charge in [0.25, 0.3) is 0 Å². The molecule has 0 aromatic heterocycles. The number of halogens is 1. The molecule has 2 nitrogen and oxygen atoms in total. The Balaban J connectivity index is 2.36. The van der Waals surface area contributed by atoms with Gasteiger partial charge in [-0.2, -0.15) is 5.26 Å². The minimum atomic E-state index is -0.895. The lowest BCUT2D eigenvalue weighted by atomic mass is 9.92. The molecular weight excluding hydrogens is 229 g/mol. The molecule has 0 amide bonds. The number of Topliss-reactive ketones (excluding diaryl/α,β-unsaturated/α-hetero) is 1. The van der Waals surface area contributed by atoms with Gasteiger partial charge >= 0.3 is 0 Å². The van der Waals surface area contributed by atoms with Crippen LogP contribution < -0.4 is 0 Å². The number of ketones is 1. The molecule has 2 aromatic rings. The Morgan fingerprint density at radius 1 is 1.11 bits per heavy atom. The molecule has 0 saturated carbocycles. The maximum Gasteiger partial charge on any atom is 0.184 e.